The molecule has 3 aromatic carbocycles. The molecule has 1 aliphatic rings. The first-order valence-corrected chi connectivity index (χ1v) is 13.1. The van der Waals surface area contributed by atoms with Crippen LogP contribution in [0.1, 0.15) is 10.4 Å². The van der Waals surface area contributed by atoms with Gasteiger partial charge in [-0.05, 0) is 53.6 Å². The molecule has 5 aromatic rings. The minimum atomic E-state index is -0.398. The number of aromatic amines is 2. The van der Waals surface area contributed by atoms with Gasteiger partial charge in [0.05, 0.1) is 29.0 Å². The number of fused-ring (bicyclic) bond motifs is 2. The second-order valence-corrected chi connectivity index (χ2v) is 9.95. The van der Waals surface area contributed by atoms with Crippen LogP contribution in [0.15, 0.2) is 65.5 Å². The number of nitrogen functional groups attached to an aromatic ring is 1. The summed E-state index contributed by atoms with van der Waals surface area (Å²) in [6, 6.07) is 17.0. The number of hydrogen-bond acceptors (Lipinski definition) is 6. The number of amides is 1. The number of halogens is 1. The van der Waals surface area contributed by atoms with E-state index in [9.17, 15) is 14.0 Å². The van der Waals surface area contributed by atoms with Crippen molar-refractivity contribution in [1.29, 1.82) is 0 Å². The smallest absolute Gasteiger partial charge is 0.276 e. The Balaban J connectivity index is 1.28. The summed E-state index contributed by atoms with van der Waals surface area (Å²) >= 11 is 0. The van der Waals surface area contributed by atoms with Gasteiger partial charge in [0.15, 0.2) is 5.69 Å². The molecule has 1 fully saturated rings. The van der Waals surface area contributed by atoms with E-state index < -0.39 is 5.56 Å². The van der Waals surface area contributed by atoms with Crippen LogP contribution in [0, 0.1) is 5.82 Å². The number of piperazine rings is 1. The number of hydrogen-bond donors (Lipinski definition) is 3. The number of nitrogens with zero attached hydrogens (tertiary/aromatic N) is 3. The van der Waals surface area contributed by atoms with E-state index in [4.69, 9.17) is 10.5 Å². The fourth-order valence-electron chi connectivity index (χ4n) is 5.19. The molecule has 40 heavy (non-hydrogen) atoms. The third-order valence-electron chi connectivity index (χ3n) is 7.46. The van der Waals surface area contributed by atoms with Crippen molar-refractivity contribution in [1.82, 2.24) is 24.8 Å². The van der Waals surface area contributed by atoms with E-state index in [0.717, 1.165) is 30.8 Å². The largest absolute Gasteiger partial charge is 0.396 e. The summed E-state index contributed by atoms with van der Waals surface area (Å²) in [5.41, 5.74) is 11.1. The average Bonchev–Trinajstić information content (AvgIpc) is 3.31. The molecule has 0 saturated carbocycles. The lowest BCUT2D eigenvalue weighted by molar-refractivity contribution is 0.0594. The number of carbonyl (C=O) groups excluding carboxylic acids is 1. The SMILES string of the molecule is COCCN1CCN(C(=O)c2ccc3[nH]c(-c4nc5ccc(-c6ccc(F)cc6)cc5[nH]c4=O)c(N)c3c2)CC1. The Morgan fingerprint density at radius 3 is 2.48 bits per heavy atom. The van der Waals surface area contributed by atoms with Gasteiger partial charge in [0.25, 0.3) is 11.5 Å². The number of benzene rings is 3. The number of nitrogens with two attached hydrogens (primary N) is 1. The second-order valence-electron chi connectivity index (χ2n) is 9.95. The number of carbonyl (C=O) groups is 1. The number of nitrogens with one attached hydrogen (secondary N) is 2. The van der Waals surface area contributed by atoms with Gasteiger partial charge in [-0.25, -0.2) is 9.37 Å². The van der Waals surface area contributed by atoms with Crippen molar-refractivity contribution in [2.75, 3.05) is 52.2 Å². The molecular weight excluding hydrogens is 511 g/mol. The Morgan fingerprint density at radius 2 is 1.73 bits per heavy atom. The lowest BCUT2D eigenvalue weighted by Crippen LogP contribution is -2.49. The van der Waals surface area contributed by atoms with Crippen molar-refractivity contribution in [3.63, 3.8) is 0 Å². The van der Waals surface area contributed by atoms with Crippen molar-refractivity contribution >= 4 is 33.5 Å². The summed E-state index contributed by atoms with van der Waals surface area (Å²) in [7, 11) is 1.69. The minimum absolute atomic E-state index is 0.0472. The standard InChI is InChI=1S/C30H29FN6O3/c1-40-15-14-36-10-12-37(13-11-36)30(39)20-5-8-23-22(16-20)26(32)27(33-23)28-29(38)35-25-17-19(4-9-24(25)34-28)18-2-6-21(31)7-3-18/h2-9,16-17,33H,10-15,32H2,1H3,(H,35,38). The van der Waals surface area contributed by atoms with Gasteiger partial charge in [0.2, 0.25) is 0 Å². The van der Waals surface area contributed by atoms with E-state index in [1.807, 2.05) is 23.1 Å². The number of H-pyrrole nitrogens is 2. The van der Waals surface area contributed by atoms with Crippen LogP contribution in [0.25, 0.3) is 44.5 Å². The van der Waals surface area contributed by atoms with Crippen LogP contribution < -0.4 is 11.3 Å². The highest BCUT2D eigenvalue weighted by Crippen LogP contribution is 2.32. The average molecular weight is 541 g/mol. The lowest BCUT2D eigenvalue weighted by Gasteiger charge is -2.34. The highest BCUT2D eigenvalue weighted by Gasteiger charge is 2.23. The number of anilines is 1. The summed E-state index contributed by atoms with van der Waals surface area (Å²) < 4.78 is 18.5. The summed E-state index contributed by atoms with van der Waals surface area (Å²) in [6.07, 6.45) is 0. The van der Waals surface area contributed by atoms with E-state index in [2.05, 4.69) is 19.9 Å². The molecule has 3 heterocycles. The first kappa shape index (κ1) is 25.7. The third-order valence-corrected chi connectivity index (χ3v) is 7.46. The molecule has 1 amide bonds. The van der Waals surface area contributed by atoms with Crippen LogP contribution in [-0.4, -0.2) is 77.1 Å². The van der Waals surface area contributed by atoms with Gasteiger partial charge in [-0.2, -0.15) is 0 Å². The van der Waals surface area contributed by atoms with Crippen molar-refractivity contribution in [2.24, 2.45) is 0 Å². The van der Waals surface area contributed by atoms with Crippen LogP contribution >= 0.6 is 0 Å². The predicted molar refractivity (Wildman–Crippen MR) is 154 cm³/mol. The molecular formula is C30H29FN6O3. The van der Waals surface area contributed by atoms with Gasteiger partial charge in [-0.3, -0.25) is 14.5 Å². The van der Waals surface area contributed by atoms with E-state index in [1.165, 1.54) is 12.1 Å². The molecule has 0 bridgehead atoms. The van der Waals surface area contributed by atoms with E-state index in [0.29, 0.717) is 58.6 Å². The van der Waals surface area contributed by atoms with Gasteiger partial charge in [-0.1, -0.05) is 18.2 Å². The first-order valence-electron chi connectivity index (χ1n) is 13.1. The lowest BCUT2D eigenvalue weighted by atomic mass is 10.0. The van der Waals surface area contributed by atoms with Gasteiger partial charge in [0.1, 0.15) is 5.82 Å². The molecule has 10 heteroatoms. The molecule has 1 saturated heterocycles. The fourth-order valence-corrected chi connectivity index (χ4v) is 5.19. The van der Waals surface area contributed by atoms with E-state index in [1.54, 1.807) is 37.4 Å². The van der Waals surface area contributed by atoms with Crippen LogP contribution in [0.3, 0.4) is 0 Å². The molecule has 6 rings (SSSR count). The Bertz CT molecular complexity index is 1770. The molecule has 0 radical (unpaired) electrons. The molecule has 2 aromatic heterocycles. The number of methoxy groups -OCH3 is 1. The van der Waals surface area contributed by atoms with Crippen molar-refractivity contribution in [3.05, 3.63) is 82.4 Å². The predicted octanol–water partition coefficient (Wildman–Crippen LogP) is 3.86. The number of rotatable bonds is 6. The fraction of sp³-hybridized carbons (Fsp3) is 0.233. The highest BCUT2D eigenvalue weighted by atomic mass is 19.1. The van der Waals surface area contributed by atoms with Gasteiger partial charge < -0.3 is 25.3 Å². The molecule has 0 atom stereocenters. The maximum absolute atomic E-state index is 13.3. The molecule has 4 N–H and O–H groups in total. The van der Waals surface area contributed by atoms with Gasteiger partial charge in [0, 0.05) is 56.3 Å². The Morgan fingerprint density at radius 1 is 0.975 bits per heavy atom. The zero-order chi connectivity index (χ0) is 27.8. The number of aromatic nitrogens is 3. The first-order chi connectivity index (χ1) is 19.4. The van der Waals surface area contributed by atoms with E-state index in [-0.39, 0.29) is 17.4 Å². The summed E-state index contributed by atoms with van der Waals surface area (Å²) in [5.74, 6) is -0.359. The Kier molecular flexibility index (Phi) is 6.79. The molecule has 9 nitrogen and oxygen atoms in total. The molecule has 0 unspecified atom stereocenters. The van der Waals surface area contributed by atoms with Gasteiger partial charge in [-0.15, -0.1) is 0 Å². The van der Waals surface area contributed by atoms with Crippen LogP contribution in [0.4, 0.5) is 10.1 Å². The normalized spacial score (nSPS) is 14.3. The summed E-state index contributed by atoms with van der Waals surface area (Å²) in [6.45, 7) is 4.42. The van der Waals surface area contributed by atoms with Gasteiger partial charge >= 0.3 is 0 Å². The molecule has 1 aliphatic heterocycles. The minimum Gasteiger partial charge on any atom is -0.396 e. The van der Waals surface area contributed by atoms with Crippen LogP contribution in [0.2, 0.25) is 0 Å². The van der Waals surface area contributed by atoms with Crippen molar-refractivity contribution < 1.29 is 13.9 Å². The van der Waals surface area contributed by atoms with E-state index >= 15 is 0 Å². The zero-order valence-corrected chi connectivity index (χ0v) is 22.0. The zero-order valence-electron chi connectivity index (χ0n) is 22.0. The maximum Gasteiger partial charge on any atom is 0.276 e. The van der Waals surface area contributed by atoms with Crippen LogP contribution in [-0.2, 0) is 4.74 Å². The highest BCUT2D eigenvalue weighted by molar-refractivity contribution is 6.04. The third kappa shape index (κ3) is 4.83. The van der Waals surface area contributed by atoms with Crippen LogP contribution in [0.5, 0.6) is 0 Å². The summed E-state index contributed by atoms with van der Waals surface area (Å²) in [5, 5.41) is 0.660. The number of ether oxygens (including phenoxy) is 1. The molecule has 204 valence electrons. The Labute approximate surface area is 229 Å². The van der Waals surface area contributed by atoms with Crippen molar-refractivity contribution in [3.8, 4) is 22.5 Å². The topological polar surface area (TPSA) is 120 Å². The molecule has 0 spiro atoms. The molecule has 0 aliphatic carbocycles. The van der Waals surface area contributed by atoms with Crippen molar-refractivity contribution in [2.45, 2.75) is 0 Å². The maximum atomic E-state index is 13.3. The monoisotopic (exact) mass is 540 g/mol. The second kappa shape index (κ2) is 10.6. The quantitative estimate of drug-likeness (QED) is 0.301. The Hall–Kier alpha value is -4.54. The summed E-state index contributed by atoms with van der Waals surface area (Å²) in [4.78, 5) is 41.2.